The lowest BCUT2D eigenvalue weighted by Gasteiger charge is -2.33. The highest BCUT2D eigenvalue weighted by atomic mass is 16.6. The smallest absolute Gasteiger partial charge is 0.322 e. The Balaban J connectivity index is 1.63. The van der Waals surface area contributed by atoms with Crippen molar-refractivity contribution in [1.82, 2.24) is 9.88 Å². The van der Waals surface area contributed by atoms with Gasteiger partial charge in [0.25, 0.3) is 0 Å². The number of nitrogens with zero attached hydrogens (tertiary/aromatic N) is 3. The number of nitrogens with one attached hydrogen (secondary N) is 2. The number of urea groups is 1. The molecule has 0 saturated carbocycles. The van der Waals surface area contributed by atoms with Gasteiger partial charge in [-0.3, -0.25) is 15.1 Å². The van der Waals surface area contributed by atoms with Gasteiger partial charge in [0, 0.05) is 31.0 Å². The number of hydrogen-bond donors (Lipinski definition) is 2. The van der Waals surface area contributed by atoms with Crippen LogP contribution in [0.3, 0.4) is 0 Å². The second-order valence-electron chi connectivity index (χ2n) is 5.88. The van der Waals surface area contributed by atoms with E-state index < -0.39 is 4.92 Å². The predicted octanol–water partition coefficient (Wildman–Crippen LogP) is 3.10. The maximum Gasteiger partial charge on any atom is 0.322 e. The molecule has 3 rings (SSSR count). The molecule has 0 spiro atoms. The third kappa shape index (κ3) is 4.23. The van der Waals surface area contributed by atoms with Crippen LogP contribution in [0.2, 0.25) is 0 Å². The number of carbonyl (C=O) groups excluding carboxylic acids is 1. The summed E-state index contributed by atoms with van der Waals surface area (Å²) in [5, 5.41) is 17.1. The van der Waals surface area contributed by atoms with Crippen LogP contribution in [0.1, 0.15) is 12.8 Å². The highest BCUT2D eigenvalue weighted by molar-refractivity contribution is 5.91. The van der Waals surface area contributed by atoms with E-state index in [9.17, 15) is 14.9 Å². The highest BCUT2D eigenvalue weighted by Crippen LogP contribution is 2.23. The fraction of sp³-hybridized carbons (Fsp3) is 0.294. The van der Waals surface area contributed by atoms with Gasteiger partial charge in [-0.15, -0.1) is 0 Å². The molecule has 1 aliphatic heterocycles. The number of para-hydroxylation sites is 1. The molecule has 8 heteroatoms. The van der Waals surface area contributed by atoms with E-state index in [2.05, 4.69) is 15.6 Å². The number of piperidine rings is 1. The summed E-state index contributed by atoms with van der Waals surface area (Å²) in [5.41, 5.74) is 0.953. The molecule has 1 atom stereocenters. The van der Waals surface area contributed by atoms with Crippen molar-refractivity contribution in [1.29, 1.82) is 0 Å². The van der Waals surface area contributed by atoms with Crippen LogP contribution in [0.15, 0.2) is 48.8 Å². The number of anilines is 2. The quantitative estimate of drug-likeness (QED) is 0.657. The lowest BCUT2D eigenvalue weighted by Crippen LogP contribution is -2.46. The van der Waals surface area contributed by atoms with E-state index in [1.54, 1.807) is 4.90 Å². The normalized spacial score (nSPS) is 17.0. The molecule has 130 valence electrons. The van der Waals surface area contributed by atoms with E-state index in [0.29, 0.717) is 13.1 Å². The third-order valence-electron chi connectivity index (χ3n) is 4.09. The summed E-state index contributed by atoms with van der Waals surface area (Å²) in [7, 11) is 0. The number of aromatic nitrogens is 1. The Bertz CT molecular complexity index is 753. The fourth-order valence-corrected chi connectivity index (χ4v) is 2.88. The van der Waals surface area contributed by atoms with Crippen molar-refractivity contribution < 1.29 is 9.72 Å². The lowest BCUT2D eigenvalue weighted by atomic mass is 10.1. The number of benzene rings is 1. The van der Waals surface area contributed by atoms with Crippen LogP contribution in [-0.2, 0) is 0 Å². The Morgan fingerprint density at radius 2 is 2.08 bits per heavy atom. The van der Waals surface area contributed by atoms with Crippen LogP contribution < -0.4 is 10.6 Å². The number of likely N-dealkylation sites (tertiary alicyclic amines) is 1. The molecular formula is C17H19N5O3. The zero-order valence-electron chi connectivity index (χ0n) is 13.6. The molecule has 1 saturated heterocycles. The van der Waals surface area contributed by atoms with E-state index in [0.717, 1.165) is 24.7 Å². The summed E-state index contributed by atoms with van der Waals surface area (Å²) in [4.78, 5) is 28.4. The first-order valence-corrected chi connectivity index (χ1v) is 8.09. The molecule has 2 N–H and O–H groups in total. The molecule has 2 amide bonds. The summed E-state index contributed by atoms with van der Waals surface area (Å²) in [6, 6.07) is 11.1. The number of carbonyl (C=O) groups is 1. The molecule has 0 unspecified atom stereocenters. The molecule has 1 aromatic heterocycles. The molecular weight excluding hydrogens is 322 g/mol. The van der Waals surface area contributed by atoms with Crippen molar-refractivity contribution in [3.8, 4) is 0 Å². The zero-order valence-corrected chi connectivity index (χ0v) is 13.6. The summed E-state index contributed by atoms with van der Waals surface area (Å²) < 4.78 is 0. The number of nitro groups is 1. The summed E-state index contributed by atoms with van der Waals surface area (Å²) in [6.07, 6.45) is 4.38. The number of pyridine rings is 1. The highest BCUT2D eigenvalue weighted by Gasteiger charge is 2.25. The Morgan fingerprint density at radius 1 is 1.28 bits per heavy atom. The number of amides is 2. The monoisotopic (exact) mass is 341 g/mol. The topological polar surface area (TPSA) is 100 Å². The first kappa shape index (κ1) is 16.7. The molecule has 8 nitrogen and oxygen atoms in total. The summed E-state index contributed by atoms with van der Waals surface area (Å²) in [5.74, 6) is 0. The Morgan fingerprint density at radius 3 is 2.84 bits per heavy atom. The molecule has 1 fully saturated rings. The van der Waals surface area contributed by atoms with E-state index >= 15 is 0 Å². The SMILES string of the molecule is O=C(Nc1ccncc1[N+](=O)[O-])N1CCC[C@H](Nc2ccccc2)C1. The molecule has 1 aromatic carbocycles. The van der Waals surface area contributed by atoms with E-state index in [1.165, 1.54) is 12.3 Å². The molecule has 1 aliphatic rings. The number of rotatable bonds is 4. The minimum absolute atomic E-state index is 0.148. The van der Waals surface area contributed by atoms with Gasteiger partial charge in [0.1, 0.15) is 11.9 Å². The van der Waals surface area contributed by atoms with E-state index in [4.69, 9.17) is 0 Å². The summed E-state index contributed by atoms with van der Waals surface area (Å²) >= 11 is 0. The van der Waals surface area contributed by atoms with Crippen LogP contribution in [0.5, 0.6) is 0 Å². The van der Waals surface area contributed by atoms with Crippen molar-refractivity contribution in [2.45, 2.75) is 18.9 Å². The van der Waals surface area contributed by atoms with Gasteiger partial charge >= 0.3 is 11.7 Å². The largest absolute Gasteiger partial charge is 0.381 e. The van der Waals surface area contributed by atoms with Gasteiger partial charge in [-0.25, -0.2) is 4.79 Å². The van der Waals surface area contributed by atoms with Crippen LogP contribution in [0.25, 0.3) is 0 Å². The van der Waals surface area contributed by atoms with Crippen molar-refractivity contribution in [3.05, 3.63) is 58.9 Å². The van der Waals surface area contributed by atoms with Crippen molar-refractivity contribution in [3.63, 3.8) is 0 Å². The lowest BCUT2D eigenvalue weighted by molar-refractivity contribution is -0.384. The van der Waals surface area contributed by atoms with Gasteiger partial charge in [-0.1, -0.05) is 18.2 Å². The van der Waals surface area contributed by atoms with Crippen LogP contribution >= 0.6 is 0 Å². The van der Waals surface area contributed by atoms with Gasteiger partial charge in [0.2, 0.25) is 0 Å². The molecule has 2 aromatic rings. The number of hydrogen-bond acceptors (Lipinski definition) is 5. The Hall–Kier alpha value is -3.16. The minimum Gasteiger partial charge on any atom is -0.381 e. The van der Waals surface area contributed by atoms with Crippen LogP contribution in [0, 0.1) is 10.1 Å². The first-order chi connectivity index (χ1) is 12.1. The molecule has 0 bridgehead atoms. The van der Waals surface area contributed by atoms with Gasteiger partial charge in [-0.05, 0) is 31.0 Å². The van der Waals surface area contributed by atoms with Crippen LogP contribution in [0.4, 0.5) is 21.9 Å². The molecule has 25 heavy (non-hydrogen) atoms. The Kier molecular flexibility index (Phi) is 5.08. The van der Waals surface area contributed by atoms with Crippen molar-refractivity contribution >= 4 is 23.1 Å². The van der Waals surface area contributed by atoms with Crippen molar-refractivity contribution in [2.24, 2.45) is 0 Å². The Labute approximate surface area is 145 Å². The summed E-state index contributed by atoms with van der Waals surface area (Å²) in [6.45, 7) is 1.16. The maximum absolute atomic E-state index is 12.5. The molecule has 0 radical (unpaired) electrons. The van der Waals surface area contributed by atoms with E-state index in [1.807, 2.05) is 30.3 Å². The molecule has 2 heterocycles. The van der Waals surface area contributed by atoms with Crippen LogP contribution in [-0.4, -0.2) is 40.0 Å². The predicted molar refractivity (Wildman–Crippen MR) is 94.6 cm³/mol. The first-order valence-electron chi connectivity index (χ1n) is 8.09. The average molecular weight is 341 g/mol. The van der Waals surface area contributed by atoms with Gasteiger partial charge in [-0.2, -0.15) is 0 Å². The van der Waals surface area contributed by atoms with Gasteiger partial charge < -0.3 is 15.5 Å². The second kappa shape index (κ2) is 7.61. The maximum atomic E-state index is 12.5. The zero-order chi connectivity index (χ0) is 17.6. The van der Waals surface area contributed by atoms with Gasteiger partial charge in [0.05, 0.1) is 4.92 Å². The molecule has 0 aliphatic carbocycles. The van der Waals surface area contributed by atoms with E-state index in [-0.39, 0.29) is 23.4 Å². The third-order valence-corrected chi connectivity index (χ3v) is 4.09. The minimum atomic E-state index is -0.557. The second-order valence-corrected chi connectivity index (χ2v) is 5.88. The van der Waals surface area contributed by atoms with Crippen molar-refractivity contribution in [2.75, 3.05) is 23.7 Å². The fourth-order valence-electron chi connectivity index (χ4n) is 2.88. The standard InChI is InChI=1S/C17H19N5O3/c23-17(20-15-8-9-18-11-16(15)22(24)25)21-10-4-7-14(12-21)19-13-5-2-1-3-6-13/h1-3,5-6,8-9,11,14,19H,4,7,10,12H2,(H,18,20,23)/t14-/m0/s1. The average Bonchev–Trinajstić information content (AvgIpc) is 2.63. The van der Waals surface area contributed by atoms with Gasteiger partial charge in [0.15, 0.2) is 0 Å².